The van der Waals surface area contributed by atoms with E-state index in [1.165, 1.54) is 6.20 Å². The molecule has 0 aliphatic rings. The van der Waals surface area contributed by atoms with Gasteiger partial charge in [-0.3, -0.25) is 10.1 Å². The summed E-state index contributed by atoms with van der Waals surface area (Å²) < 4.78 is 0.574. The van der Waals surface area contributed by atoms with Crippen molar-refractivity contribution in [2.24, 2.45) is 5.41 Å². The van der Waals surface area contributed by atoms with Crippen LogP contribution in [0.3, 0.4) is 0 Å². The molecule has 0 aliphatic heterocycles. The number of nitro groups is 1. The van der Waals surface area contributed by atoms with Gasteiger partial charge in [-0.25, -0.2) is 4.98 Å². The molecular weight excluding hydrogens is 302 g/mol. The first-order chi connectivity index (χ1) is 8.28. The van der Waals surface area contributed by atoms with Crippen LogP contribution < -0.4 is 5.32 Å². The van der Waals surface area contributed by atoms with E-state index in [9.17, 15) is 10.1 Å². The average molecular weight is 318 g/mol. The van der Waals surface area contributed by atoms with Crippen molar-refractivity contribution in [1.82, 2.24) is 4.98 Å². The molecule has 0 atom stereocenters. The van der Waals surface area contributed by atoms with Gasteiger partial charge in [-0.1, -0.05) is 13.8 Å². The zero-order chi connectivity index (χ0) is 13.9. The number of hydrogen-bond acceptors (Lipinski definition) is 5. The Morgan fingerprint density at radius 3 is 2.72 bits per heavy atom. The molecule has 0 amide bonds. The van der Waals surface area contributed by atoms with E-state index in [0.717, 1.165) is 0 Å². The molecule has 1 rings (SSSR count). The fourth-order valence-corrected chi connectivity index (χ4v) is 1.70. The minimum absolute atomic E-state index is 0.0196. The van der Waals surface area contributed by atoms with Crippen molar-refractivity contribution in [2.45, 2.75) is 20.8 Å². The third-order valence-corrected chi connectivity index (χ3v) is 3.57. The molecule has 7 heteroatoms. The average Bonchev–Trinajstić information content (AvgIpc) is 2.30. The fraction of sp³-hybridized carbons (Fsp3) is 0.545. The predicted octanol–water partition coefficient (Wildman–Crippen LogP) is 2.49. The molecule has 100 valence electrons. The second-order valence-electron chi connectivity index (χ2n) is 4.86. The van der Waals surface area contributed by atoms with E-state index in [4.69, 9.17) is 5.11 Å². The van der Waals surface area contributed by atoms with Crippen molar-refractivity contribution in [3.8, 4) is 0 Å². The van der Waals surface area contributed by atoms with Crippen LogP contribution in [0.5, 0.6) is 0 Å². The number of nitrogens with one attached hydrogen (secondary N) is 1. The molecule has 0 saturated carbocycles. The molecule has 0 saturated heterocycles. The van der Waals surface area contributed by atoms with Gasteiger partial charge < -0.3 is 10.4 Å². The summed E-state index contributed by atoms with van der Waals surface area (Å²) in [5.74, 6) is 0.541. The van der Waals surface area contributed by atoms with Gasteiger partial charge in [0.2, 0.25) is 0 Å². The molecule has 1 heterocycles. The van der Waals surface area contributed by atoms with E-state index in [-0.39, 0.29) is 17.7 Å². The Labute approximate surface area is 114 Å². The van der Waals surface area contributed by atoms with Gasteiger partial charge >= 0.3 is 0 Å². The van der Waals surface area contributed by atoms with Crippen LogP contribution in [-0.2, 0) is 0 Å². The highest BCUT2D eigenvalue weighted by atomic mass is 79.9. The zero-order valence-electron chi connectivity index (χ0n) is 10.5. The molecule has 0 spiro atoms. The number of aliphatic hydroxyl groups excluding tert-OH is 1. The van der Waals surface area contributed by atoms with Gasteiger partial charge in [0.25, 0.3) is 5.69 Å². The first kappa shape index (κ1) is 14.8. The lowest BCUT2D eigenvalue weighted by Gasteiger charge is -2.22. The standard InChI is InChI=1S/C11H16BrN3O3/c1-7-8(15(17)18)4-13-10(9(7)12)14-5-11(2,3)6-16/h4,16H,5-6H2,1-3H3,(H,13,14). The minimum atomic E-state index is -0.464. The van der Waals surface area contributed by atoms with Crippen LogP contribution in [0.2, 0.25) is 0 Å². The van der Waals surface area contributed by atoms with Gasteiger partial charge in [0.15, 0.2) is 0 Å². The van der Waals surface area contributed by atoms with Gasteiger partial charge in [-0.15, -0.1) is 0 Å². The maximum atomic E-state index is 10.7. The number of anilines is 1. The van der Waals surface area contributed by atoms with Crippen LogP contribution in [-0.4, -0.2) is 28.2 Å². The second kappa shape index (κ2) is 5.62. The van der Waals surface area contributed by atoms with Crippen molar-refractivity contribution in [3.05, 3.63) is 26.3 Å². The van der Waals surface area contributed by atoms with Crippen LogP contribution in [0.1, 0.15) is 19.4 Å². The van der Waals surface area contributed by atoms with Crippen molar-refractivity contribution in [1.29, 1.82) is 0 Å². The number of aromatic nitrogens is 1. The highest BCUT2D eigenvalue weighted by Crippen LogP contribution is 2.31. The summed E-state index contributed by atoms with van der Waals surface area (Å²) in [6.07, 6.45) is 1.23. The number of halogens is 1. The lowest BCUT2D eigenvalue weighted by Crippen LogP contribution is -2.27. The Morgan fingerprint density at radius 1 is 1.61 bits per heavy atom. The summed E-state index contributed by atoms with van der Waals surface area (Å²) in [6, 6.07) is 0. The van der Waals surface area contributed by atoms with Crippen LogP contribution in [0.4, 0.5) is 11.5 Å². The summed E-state index contributed by atoms with van der Waals surface area (Å²) in [5, 5.41) is 23.0. The molecule has 1 aromatic heterocycles. The third kappa shape index (κ3) is 3.39. The summed E-state index contributed by atoms with van der Waals surface area (Å²) in [4.78, 5) is 14.3. The van der Waals surface area contributed by atoms with Gasteiger partial charge in [0.1, 0.15) is 12.0 Å². The molecule has 0 fully saturated rings. The second-order valence-corrected chi connectivity index (χ2v) is 5.66. The highest BCUT2D eigenvalue weighted by Gasteiger charge is 2.20. The van der Waals surface area contributed by atoms with Crippen LogP contribution >= 0.6 is 15.9 Å². The Balaban J connectivity index is 2.93. The summed E-state index contributed by atoms with van der Waals surface area (Å²) in [7, 11) is 0. The number of nitrogens with zero attached hydrogens (tertiary/aromatic N) is 2. The minimum Gasteiger partial charge on any atom is -0.396 e. The van der Waals surface area contributed by atoms with Crippen LogP contribution in [0.15, 0.2) is 10.7 Å². The number of aliphatic hydroxyl groups is 1. The molecule has 1 aromatic rings. The smallest absolute Gasteiger partial charge is 0.291 e. The lowest BCUT2D eigenvalue weighted by molar-refractivity contribution is -0.385. The highest BCUT2D eigenvalue weighted by molar-refractivity contribution is 9.10. The van der Waals surface area contributed by atoms with Crippen molar-refractivity contribution in [2.75, 3.05) is 18.5 Å². The van der Waals surface area contributed by atoms with E-state index >= 15 is 0 Å². The number of rotatable bonds is 5. The molecule has 0 aromatic carbocycles. The third-order valence-electron chi connectivity index (χ3n) is 2.60. The Hall–Kier alpha value is -1.21. The molecule has 0 radical (unpaired) electrons. The van der Waals surface area contributed by atoms with E-state index < -0.39 is 4.92 Å². The Bertz CT molecular complexity index is 463. The topological polar surface area (TPSA) is 88.3 Å². The first-order valence-corrected chi connectivity index (χ1v) is 6.22. The number of hydrogen-bond donors (Lipinski definition) is 2. The van der Waals surface area contributed by atoms with Crippen molar-refractivity contribution < 1.29 is 10.0 Å². The SMILES string of the molecule is Cc1c([N+](=O)[O-])cnc(NCC(C)(C)CO)c1Br. The molecule has 2 N–H and O–H groups in total. The van der Waals surface area contributed by atoms with E-state index in [0.29, 0.717) is 22.4 Å². The monoisotopic (exact) mass is 317 g/mol. The van der Waals surface area contributed by atoms with Gasteiger partial charge in [-0.05, 0) is 22.9 Å². The quantitative estimate of drug-likeness (QED) is 0.643. The molecule has 0 aliphatic carbocycles. The molecule has 0 bridgehead atoms. The largest absolute Gasteiger partial charge is 0.396 e. The molecule has 0 unspecified atom stereocenters. The van der Waals surface area contributed by atoms with Crippen LogP contribution in [0, 0.1) is 22.5 Å². The fourth-order valence-electron chi connectivity index (χ4n) is 1.26. The molecular formula is C11H16BrN3O3. The first-order valence-electron chi connectivity index (χ1n) is 5.43. The molecule has 6 nitrogen and oxygen atoms in total. The summed E-state index contributed by atoms with van der Waals surface area (Å²) >= 11 is 3.30. The summed E-state index contributed by atoms with van der Waals surface area (Å²) in [5.41, 5.74) is 0.227. The predicted molar refractivity (Wildman–Crippen MR) is 72.7 cm³/mol. The van der Waals surface area contributed by atoms with Crippen LogP contribution in [0.25, 0.3) is 0 Å². The van der Waals surface area contributed by atoms with E-state index in [1.54, 1.807) is 6.92 Å². The Kier molecular flexibility index (Phi) is 4.64. The number of pyridine rings is 1. The van der Waals surface area contributed by atoms with Gasteiger partial charge in [-0.2, -0.15) is 0 Å². The zero-order valence-corrected chi connectivity index (χ0v) is 12.1. The van der Waals surface area contributed by atoms with Gasteiger partial charge in [0, 0.05) is 24.1 Å². The van der Waals surface area contributed by atoms with E-state index in [1.807, 2.05) is 13.8 Å². The maximum absolute atomic E-state index is 10.7. The van der Waals surface area contributed by atoms with Gasteiger partial charge in [0.05, 0.1) is 9.40 Å². The van der Waals surface area contributed by atoms with E-state index in [2.05, 4.69) is 26.2 Å². The summed E-state index contributed by atoms with van der Waals surface area (Å²) in [6.45, 7) is 6.04. The van der Waals surface area contributed by atoms with Crippen molar-refractivity contribution in [3.63, 3.8) is 0 Å². The lowest BCUT2D eigenvalue weighted by atomic mass is 9.95. The molecule has 18 heavy (non-hydrogen) atoms. The Morgan fingerprint density at radius 2 is 2.22 bits per heavy atom. The normalized spacial score (nSPS) is 11.4. The van der Waals surface area contributed by atoms with Crippen molar-refractivity contribution >= 4 is 27.4 Å². The maximum Gasteiger partial charge on any atom is 0.291 e.